The Morgan fingerprint density at radius 1 is 1.38 bits per heavy atom. The number of hydrogen-bond acceptors (Lipinski definition) is 1. The van der Waals surface area contributed by atoms with Gasteiger partial charge in [0.1, 0.15) is 0 Å². The number of hydrogen-bond donors (Lipinski definition) is 1. The van der Waals surface area contributed by atoms with Crippen molar-refractivity contribution in [2.45, 2.75) is 32.7 Å². The second-order valence-corrected chi connectivity index (χ2v) is 3.58. The summed E-state index contributed by atoms with van der Waals surface area (Å²) in [5.41, 5.74) is 8.37. The maximum absolute atomic E-state index is 6.08. The van der Waals surface area contributed by atoms with Gasteiger partial charge in [-0.1, -0.05) is 37.6 Å². The maximum atomic E-state index is 6.08. The lowest BCUT2D eigenvalue weighted by Gasteiger charge is -2.14. The van der Waals surface area contributed by atoms with E-state index in [1.807, 2.05) is 12.1 Å². The van der Waals surface area contributed by atoms with Crippen LogP contribution in [0.5, 0.6) is 0 Å². The number of benzene rings is 1. The topological polar surface area (TPSA) is 26.0 Å². The van der Waals surface area contributed by atoms with E-state index in [2.05, 4.69) is 19.9 Å². The fourth-order valence-electron chi connectivity index (χ4n) is 1.52. The highest BCUT2D eigenvalue weighted by molar-refractivity contribution is 6.31. The van der Waals surface area contributed by atoms with Gasteiger partial charge in [-0.25, -0.2) is 0 Å². The molecule has 0 fully saturated rings. The first-order valence-electron chi connectivity index (χ1n) is 4.73. The monoisotopic (exact) mass is 197 g/mol. The molecule has 0 aliphatic heterocycles. The number of nitrogens with two attached hydrogens (primary N) is 1. The van der Waals surface area contributed by atoms with Gasteiger partial charge in [0.15, 0.2) is 0 Å². The van der Waals surface area contributed by atoms with Crippen molar-refractivity contribution in [2.75, 3.05) is 0 Å². The lowest BCUT2D eigenvalue weighted by molar-refractivity contribution is 0.690. The van der Waals surface area contributed by atoms with Crippen molar-refractivity contribution in [3.8, 4) is 0 Å². The van der Waals surface area contributed by atoms with Crippen molar-refractivity contribution in [1.82, 2.24) is 0 Å². The van der Waals surface area contributed by atoms with Gasteiger partial charge in [0, 0.05) is 11.1 Å². The summed E-state index contributed by atoms with van der Waals surface area (Å²) in [6.45, 7) is 4.19. The molecule has 0 radical (unpaired) electrons. The quantitative estimate of drug-likeness (QED) is 0.791. The molecule has 0 bridgehead atoms. The highest BCUT2D eigenvalue weighted by Crippen LogP contribution is 2.25. The molecule has 0 heterocycles. The Balaban J connectivity index is 3.12. The van der Waals surface area contributed by atoms with Crippen LogP contribution in [0.3, 0.4) is 0 Å². The van der Waals surface area contributed by atoms with Gasteiger partial charge in [0.25, 0.3) is 0 Å². The van der Waals surface area contributed by atoms with E-state index in [-0.39, 0.29) is 6.04 Å². The Kier molecular flexibility index (Phi) is 3.76. The van der Waals surface area contributed by atoms with E-state index >= 15 is 0 Å². The minimum Gasteiger partial charge on any atom is -0.324 e. The molecule has 0 aliphatic rings. The molecule has 1 atom stereocenters. The molecule has 1 aromatic rings. The highest BCUT2D eigenvalue weighted by Gasteiger charge is 2.09. The van der Waals surface area contributed by atoms with Gasteiger partial charge in [0.2, 0.25) is 0 Å². The lowest BCUT2D eigenvalue weighted by atomic mass is 9.97. The third-order valence-electron chi connectivity index (χ3n) is 2.35. The first-order chi connectivity index (χ1) is 6.20. The summed E-state index contributed by atoms with van der Waals surface area (Å²) >= 11 is 6.08. The standard InChI is InChI=1S/C11H16ClN/c1-3-8-9(11(13)4-2)6-5-7-10(8)12/h5-7,11H,3-4,13H2,1-2H3/t11-/m0/s1. The van der Waals surface area contributed by atoms with Gasteiger partial charge >= 0.3 is 0 Å². The Morgan fingerprint density at radius 3 is 2.62 bits per heavy atom. The average Bonchev–Trinajstić information content (AvgIpc) is 2.16. The van der Waals surface area contributed by atoms with Crippen molar-refractivity contribution in [3.63, 3.8) is 0 Å². The van der Waals surface area contributed by atoms with Gasteiger partial charge in [-0.3, -0.25) is 0 Å². The molecule has 0 amide bonds. The van der Waals surface area contributed by atoms with E-state index < -0.39 is 0 Å². The molecular weight excluding hydrogens is 182 g/mol. The minimum absolute atomic E-state index is 0.119. The van der Waals surface area contributed by atoms with Crippen LogP contribution < -0.4 is 5.73 Å². The predicted molar refractivity (Wildman–Crippen MR) is 58.0 cm³/mol. The van der Waals surface area contributed by atoms with E-state index in [1.165, 1.54) is 11.1 Å². The maximum Gasteiger partial charge on any atom is 0.0441 e. The Bertz CT molecular complexity index is 283. The van der Waals surface area contributed by atoms with Crippen molar-refractivity contribution >= 4 is 11.6 Å². The van der Waals surface area contributed by atoms with Crippen LogP contribution in [0, 0.1) is 0 Å². The molecule has 72 valence electrons. The average molecular weight is 198 g/mol. The van der Waals surface area contributed by atoms with Gasteiger partial charge in [-0.15, -0.1) is 0 Å². The Morgan fingerprint density at radius 2 is 2.08 bits per heavy atom. The van der Waals surface area contributed by atoms with E-state index in [4.69, 9.17) is 17.3 Å². The molecular formula is C11H16ClN. The summed E-state index contributed by atoms with van der Waals surface area (Å²) < 4.78 is 0. The number of halogens is 1. The largest absolute Gasteiger partial charge is 0.324 e. The van der Waals surface area contributed by atoms with Gasteiger partial charge in [-0.05, 0) is 30.0 Å². The van der Waals surface area contributed by atoms with Gasteiger partial charge in [-0.2, -0.15) is 0 Å². The Labute approximate surface area is 84.9 Å². The molecule has 13 heavy (non-hydrogen) atoms. The third-order valence-corrected chi connectivity index (χ3v) is 2.70. The second-order valence-electron chi connectivity index (χ2n) is 3.18. The summed E-state index contributed by atoms with van der Waals surface area (Å²) in [6, 6.07) is 6.07. The van der Waals surface area contributed by atoms with Crippen LogP contribution in [0.2, 0.25) is 5.02 Å². The van der Waals surface area contributed by atoms with Crippen molar-refractivity contribution in [1.29, 1.82) is 0 Å². The molecule has 0 unspecified atom stereocenters. The predicted octanol–water partition coefficient (Wildman–Crippen LogP) is 3.31. The zero-order valence-electron chi connectivity index (χ0n) is 8.18. The van der Waals surface area contributed by atoms with Crippen molar-refractivity contribution in [2.24, 2.45) is 5.73 Å². The van der Waals surface area contributed by atoms with Crippen molar-refractivity contribution < 1.29 is 0 Å². The van der Waals surface area contributed by atoms with Crippen LogP contribution in [-0.2, 0) is 6.42 Å². The molecule has 1 rings (SSSR count). The molecule has 1 nitrogen and oxygen atoms in total. The van der Waals surface area contributed by atoms with E-state index in [9.17, 15) is 0 Å². The van der Waals surface area contributed by atoms with Crippen LogP contribution >= 0.6 is 11.6 Å². The van der Waals surface area contributed by atoms with Gasteiger partial charge in [0.05, 0.1) is 0 Å². The van der Waals surface area contributed by atoms with Crippen LogP contribution in [0.4, 0.5) is 0 Å². The summed E-state index contributed by atoms with van der Waals surface area (Å²) in [5, 5.41) is 0.837. The fourth-order valence-corrected chi connectivity index (χ4v) is 1.83. The molecule has 0 aromatic heterocycles. The van der Waals surface area contributed by atoms with E-state index in [0.29, 0.717) is 0 Å². The first kappa shape index (κ1) is 10.6. The fraction of sp³-hybridized carbons (Fsp3) is 0.455. The summed E-state index contributed by atoms with van der Waals surface area (Å²) in [4.78, 5) is 0. The minimum atomic E-state index is 0.119. The van der Waals surface area contributed by atoms with Crippen LogP contribution in [0.1, 0.15) is 37.4 Å². The zero-order chi connectivity index (χ0) is 9.84. The lowest BCUT2D eigenvalue weighted by Crippen LogP contribution is -2.11. The molecule has 1 aromatic carbocycles. The van der Waals surface area contributed by atoms with E-state index in [1.54, 1.807) is 0 Å². The smallest absolute Gasteiger partial charge is 0.0441 e. The molecule has 0 saturated heterocycles. The SMILES string of the molecule is CCc1c(Cl)cccc1[C@@H](N)CC. The third kappa shape index (κ3) is 2.23. The number of rotatable bonds is 3. The van der Waals surface area contributed by atoms with Gasteiger partial charge < -0.3 is 5.73 Å². The van der Waals surface area contributed by atoms with E-state index in [0.717, 1.165) is 17.9 Å². The summed E-state index contributed by atoms with van der Waals surface area (Å²) in [7, 11) is 0. The van der Waals surface area contributed by atoms with Crippen molar-refractivity contribution in [3.05, 3.63) is 34.3 Å². The first-order valence-corrected chi connectivity index (χ1v) is 5.11. The highest BCUT2D eigenvalue weighted by atomic mass is 35.5. The second kappa shape index (κ2) is 4.64. The summed E-state index contributed by atoms with van der Waals surface area (Å²) in [5.74, 6) is 0. The van der Waals surface area contributed by atoms with Crippen LogP contribution in [0.25, 0.3) is 0 Å². The van der Waals surface area contributed by atoms with Crippen LogP contribution in [-0.4, -0.2) is 0 Å². The molecule has 0 saturated carbocycles. The molecule has 2 N–H and O–H groups in total. The normalized spacial score (nSPS) is 12.9. The van der Waals surface area contributed by atoms with Crippen LogP contribution in [0.15, 0.2) is 18.2 Å². The Hall–Kier alpha value is -0.530. The zero-order valence-corrected chi connectivity index (χ0v) is 8.93. The molecule has 0 aliphatic carbocycles. The molecule has 2 heteroatoms. The molecule has 0 spiro atoms. The summed E-state index contributed by atoms with van der Waals surface area (Å²) in [6.07, 6.45) is 1.90.